The van der Waals surface area contributed by atoms with E-state index in [4.69, 9.17) is 23.1 Å². The van der Waals surface area contributed by atoms with Crippen LogP contribution in [-0.2, 0) is 0 Å². The molecule has 0 aliphatic heterocycles. The van der Waals surface area contributed by atoms with Gasteiger partial charge in [-0.3, -0.25) is 0 Å². The lowest BCUT2D eigenvalue weighted by Gasteiger charge is -2.15. The zero-order chi connectivity index (χ0) is 11.7. The van der Waals surface area contributed by atoms with E-state index in [2.05, 4.69) is 10.2 Å². The standard InChI is InChI=1S/C10H23ClN4/c1-9(5-3-7-12)14-15-10(2,11)6-4-8-13/h9H,3-8,12-13H2,1-2H3/b15-14+. The molecule has 0 aromatic rings. The number of rotatable bonds is 8. The van der Waals surface area contributed by atoms with Crippen LogP contribution in [0.2, 0.25) is 0 Å². The van der Waals surface area contributed by atoms with E-state index in [1.807, 2.05) is 13.8 Å². The second-order valence-corrected chi connectivity index (χ2v) is 4.84. The van der Waals surface area contributed by atoms with Crippen LogP contribution in [0.3, 0.4) is 0 Å². The molecule has 0 bridgehead atoms. The Morgan fingerprint density at radius 3 is 2.40 bits per heavy atom. The van der Waals surface area contributed by atoms with Crippen LogP contribution in [0.1, 0.15) is 39.5 Å². The Morgan fingerprint density at radius 2 is 1.87 bits per heavy atom. The highest BCUT2D eigenvalue weighted by Gasteiger charge is 2.18. The summed E-state index contributed by atoms with van der Waals surface area (Å²) in [5, 5.41) is 8.32. The molecule has 0 saturated heterocycles. The minimum absolute atomic E-state index is 0.199. The molecular formula is C10H23ClN4. The van der Waals surface area contributed by atoms with Gasteiger partial charge in [-0.15, -0.1) is 0 Å². The van der Waals surface area contributed by atoms with Crippen molar-refractivity contribution in [1.82, 2.24) is 0 Å². The lowest BCUT2D eigenvalue weighted by molar-refractivity contribution is 0.510. The zero-order valence-corrected chi connectivity index (χ0v) is 10.5. The van der Waals surface area contributed by atoms with Gasteiger partial charge in [0.05, 0.1) is 6.04 Å². The van der Waals surface area contributed by atoms with E-state index in [-0.39, 0.29) is 6.04 Å². The fourth-order valence-corrected chi connectivity index (χ4v) is 1.34. The van der Waals surface area contributed by atoms with Gasteiger partial charge in [-0.25, -0.2) is 0 Å². The predicted molar refractivity (Wildman–Crippen MR) is 65.2 cm³/mol. The Kier molecular flexibility index (Phi) is 7.92. The Balaban J connectivity index is 3.89. The molecule has 2 unspecified atom stereocenters. The third-order valence-electron chi connectivity index (χ3n) is 2.13. The summed E-state index contributed by atoms with van der Waals surface area (Å²) < 4.78 is 0. The summed E-state index contributed by atoms with van der Waals surface area (Å²) in [6.07, 6.45) is 3.57. The first-order chi connectivity index (χ1) is 7.02. The number of alkyl halides is 1. The number of hydrogen-bond donors (Lipinski definition) is 2. The number of azo groups is 1. The van der Waals surface area contributed by atoms with Crippen molar-refractivity contribution < 1.29 is 0 Å². The smallest absolute Gasteiger partial charge is 0.152 e. The Hall–Kier alpha value is -0.190. The minimum atomic E-state index is -0.601. The fourth-order valence-electron chi connectivity index (χ4n) is 1.16. The average Bonchev–Trinajstić information content (AvgIpc) is 2.21. The van der Waals surface area contributed by atoms with E-state index in [1.165, 1.54) is 0 Å². The first-order valence-electron chi connectivity index (χ1n) is 5.53. The molecule has 0 aromatic carbocycles. The summed E-state index contributed by atoms with van der Waals surface area (Å²) in [4.78, 5) is -0.601. The van der Waals surface area contributed by atoms with Crippen LogP contribution in [-0.4, -0.2) is 24.1 Å². The molecule has 0 saturated carbocycles. The Labute approximate surface area is 97.5 Å². The van der Waals surface area contributed by atoms with Crippen LogP contribution in [0.5, 0.6) is 0 Å². The van der Waals surface area contributed by atoms with Crippen LogP contribution in [0.25, 0.3) is 0 Å². The molecule has 0 aromatic heterocycles. The summed E-state index contributed by atoms with van der Waals surface area (Å²) in [6, 6.07) is 0.199. The number of nitrogens with zero attached hydrogens (tertiary/aromatic N) is 2. The molecule has 0 rings (SSSR count). The van der Waals surface area contributed by atoms with Gasteiger partial charge in [-0.05, 0) is 52.6 Å². The molecule has 5 heteroatoms. The summed E-state index contributed by atoms with van der Waals surface area (Å²) >= 11 is 6.15. The van der Waals surface area contributed by atoms with Gasteiger partial charge in [0.2, 0.25) is 0 Å². The number of hydrogen-bond acceptors (Lipinski definition) is 4. The van der Waals surface area contributed by atoms with Crippen molar-refractivity contribution in [1.29, 1.82) is 0 Å². The maximum Gasteiger partial charge on any atom is 0.152 e. The van der Waals surface area contributed by atoms with E-state index in [0.29, 0.717) is 13.1 Å². The molecule has 0 fully saturated rings. The highest BCUT2D eigenvalue weighted by Crippen LogP contribution is 2.23. The van der Waals surface area contributed by atoms with Gasteiger partial charge in [0, 0.05) is 0 Å². The summed E-state index contributed by atoms with van der Waals surface area (Å²) in [5.74, 6) is 0. The maximum absolute atomic E-state index is 6.15. The SMILES string of the molecule is CC(CCCN)/N=N/C(C)(Cl)CCCN. The van der Waals surface area contributed by atoms with Crippen molar-refractivity contribution in [3.05, 3.63) is 0 Å². The summed E-state index contributed by atoms with van der Waals surface area (Å²) in [5.41, 5.74) is 10.8. The summed E-state index contributed by atoms with van der Waals surface area (Å²) in [7, 11) is 0. The van der Waals surface area contributed by atoms with Crippen molar-refractivity contribution in [2.45, 2.75) is 50.6 Å². The van der Waals surface area contributed by atoms with E-state index < -0.39 is 5.00 Å². The maximum atomic E-state index is 6.15. The molecule has 0 spiro atoms. The highest BCUT2D eigenvalue weighted by molar-refractivity contribution is 6.23. The molecule has 0 amide bonds. The van der Waals surface area contributed by atoms with E-state index in [0.717, 1.165) is 25.7 Å². The third-order valence-corrected chi connectivity index (χ3v) is 2.39. The number of nitrogens with two attached hydrogens (primary N) is 2. The van der Waals surface area contributed by atoms with Gasteiger partial charge in [-0.1, -0.05) is 11.6 Å². The van der Waals surface area contributed by atoms with Crippen LogP contribution in [0.4, 0.5) is 0 Å². The molecule has 0 radical (unpaired) electrons. The first-order valence-corrected chi connectivity index (χ1v) is 5.90. The van der Waals surface area contributed by atoms with E-state index >= 15 is 0 Å². The molecule has 15 heavy (non-hydrogen) atoms. The van der Waals surface area contributed by atoms with Crippen LogP contribution < -0.4 is 11.5 Å². The quantitative estimate of drug-likeness (QED) is 0.384. The second-order valence-electron chi connectivity index (χ2n) is 4.03. The monoisotopic (exact) mass is 234 g/mol. The predicted octanol–water partition coefficient (Wildman–Crippen LogP) is 2.26. The number of halogens is 1. The fraction of sp³-hybridized carbons (Fsp3) is 1.00. The molecule has 90 valence electrons. The van der Waals surface area contributed by atoms with Gasteiger partial charge in [0.15, 0.2) is 5.00 Å². The second kappa shape index (κ2) is 8.02. The van der Waals surface area contributed by atoms with Crippen molar-refractivity contribution in [2.75, 3.05) is 13.1 Å². The van der Waals surface area contributed by atoms with Crippen LogP contribution >= 0.6 is 11.6 Å². The van der Waals surface area contributed by atoms with Crippen LogP contribution in [0, 0.1) is 0 Å². The van der Waals surface area contributed by atoms with Gasteiger partial charge in [-0.2, -0.15) is 10.2 Å². The largest absolute Gasteiger partial charge is 0.330 e. The molecule has 4 N–H and O–H groups in total. The average molecular weight is 235 g/mol. The highest BCUT2D eigenvalue weighted by atomic mass is 35.5. The van der Waals surface area contributed by atoms with Gasteiger partial charge < -0.3 is 11.5 Å². The first kappa shape index (κ1) is 14.8. The molecule has 0 aliphatic rings. The lowest BCUT2D eigenvalue weighted by atomic mass is 10.2. The Bertz CT molecular complexity index is 182. The van der Waals surface area contributed by atoms with Crippen molar-refractivity contribution in [3.63, 3.8) is 0 Å². The van der Waals surface area contributed by atoms with Crippen LogP contribution in [0.15, 0.2) is 10.2 Å². The van der Waals surface area contributed by atoms with Crippen molar-refractivity contribution in [2.24, 2.45) is 21.7 Å². The molecule has 2 atom stereocenters. The van der Waals surface area contributed by atoms with E-state index in [9.17, 15) is 0 Å². The van der Waals surface area contributed by atoms with Gasteiger partial charge in [0.1, 0.15) is 0 Å². The molecule has 0 aliphatic carbocycles. The lowest BCUT2D eigenvalue weighted by Crippen LogP contribution is -2.15. The molecule has 4 nitrogen and oxygen atoms in total. The molecule has 0 heterocycles. The normalized spacial score (nSPS) is 17.9. The third kappa shape index (κ3) is 8.78. The molecular weight excluding hydrogens is 212 g/mol. The van der Waals surface area contributed by atoms with E-state index in [1.54, 1.807) is 0 Å². The Morgan fingerprint density at radius 1 is 1.27 bits per heavy atom. The van der Waals surface area contributed by atoms with Crippen molar-refractivity contribution >= 4 is 11.6 Å². The van der Waals surface area contributed by atoms with Gasteiger partial charge in [0.25, 0.3) is 0 Å². The zero-order valence-electron chi connectivity index (χ0n) is 9.75. The topological polar surface area (TPSA) is 76.8 Å². The minimum Gasteiger partial charge on any atom is -0.330 e. The van der Waals surface area contributed by atoms with Gasteiger partial charge >= 0.3 is 0 Å². The summed E-state index contributed by atoms with van der Waals surface area (Å²) in [6.45, 7) is 5.23. The van der Waals surface area contributed by atoms with Crippen molar-refractivity contribution in [3.8, 4) is 0 Å².